The van der Waals surface area contributed by atoms with Gasteiger partial charge in [0.05, 0.1) is 0 Å². The molecule has 0 aliphatic carbocycles. The van der Waals surface area contributed by atoms with E-state index in [2.05, 4.69) is 28.9 Å². The SMILES string of the molecule is CCC(N)Cc1cc(Cl)ccc1N1CCN2CCCC2C1. The molecular formula is C17H26ClN3. The van der Waals surface area contributed by atoms with Crippen LogP contribution in [0.4, 0.5) is 5.69 Å². The van der Waals surface area contributed by atoms with Gasteiger partial charge in [-0.3, -0.25) is 4.90 Å². The van der Waals surface area contributed by atoms with Crippen molar-refractivity contribution in [2.45, 2.75) is 44.7 Å². The zero-order valence-corrected chi connectivity index (χ0v) is 13.6. The van der Waals surface area contributed by atoms with Crippen LogP contribution < -0.4 is 10.6 Å². The van der Waals surface area contributed by atoms with Crippen LogP contribution in [0.3, 0.4) is 0 Å². The minimum absolute atomic E-state index is 0.218. The van der Waals surface area contributed by atoms with Crippen molar-refractivity contribution in [2.24, 2.45) is 5.73 Å². The Morgan fingerprint density at radius 3 is 3.00 bits per heavy atom. The summed E-state index contributed by atoms with van der Waals surface area (Å²) in [4.78, 5) is 5.18. The standard InChI is InChI=1S/C17H26ClN3/c1-2-15(19)11-13-10-14(18)5-6-17(13)21-9-8-20-7-3-4-16(20)12-21/h5-6,10,15-16H,2-4,7-9,11-12,19H2,1H3. The van der Waals surface area contributed by atoms with Crippen molar-refractivity contribution >= 4 is 17.3 Å². The second-order valence-electron chi connectivity index (χ2n) is 6.42. The number of rotatable bonds is 4. The van der Waals surface area contributed by atoms with Crippen LogP contribution in [0.5, 0.6) is 0 Å². The Labute approximate surface area is 133 Å². The molecule has 0 spiro atoms. The minimum atomic E-state index is 0.218. The van der Waals surface area contributed by atoms with E-state index < -0.39 is 0 Å². The van der Waals surface area contributed by atoms with Crippen LogP contribution in [0.15, 0.2) is 18.2 Å². The van der Waals surface area contributed by atoms with Crippen LogP contribution in [0.1, 0.15) is 31.7 Å². The zero-order chi connectivity index (χ0) is 14.8. The normalized spacial score (nSPS) is 24.1. The molecule has 0 bridgehead atoms. The maximum Gasteiger partial charge on any atom is 0.0410 e. The highest BCUT2D eigenvalue weighted by atomic mass is 35.5. The molecule has 0 aromatic heterocycles. The lowest BCUT2D eigenvalue weighted by molar-refractivity contribution is 0.231. The predicted molar refractivity (Wildman–Crippen MR) is 90.2 cm³/mol. The number of nitrogens with zero attached hydrogens (tertiary/aromatic N) is 2. The van der Waals surface area contributed by atoms with E-state index in [-0.39, 0.29) is 6.04 Å². The highest BCUT2D eigenvalue weighted by molar-refractivity contribution is 6.30. The molecule has 0 saturated carbocycles. The number of halogens is 1. The monoisotopic (exact) mass is 307 g/mol. The zero-order valence-electron chi connectivity index (χ0n) is 12.9. The third-order valence-corrected chi connectivity index (χ3v) is 5.21. The van der Waals surface area contributed by atoms with Gasteiger partial charge in [-0.25, -0.2) is 0 Å². The molecule has 2 aliphatic rings. The fraction of sp³-hybridized carbons (Fsp3) is 0.647. The van der Waals surface area contributed by atoms with E-state index in [9.17, 15) is 0 Å². The van der Waals surface area contributed by atoms with E-state index in [1.54, 1.807) is 0 Å². The molecule has 2 aliphatic heterocycles. The average molecular weight is 308 g/mol. The van der Waals surface area contributed by atoms with E-state index in [0.29, 0.717) is 0 Å². The highest BCUT2D eigenvalue weighted by Gasteiger charge is 2.31. The molecule has 2 atom stereocenters. The Hall–Kier alpha value is -0.770. The van der Waals surface area contributed by atoms with Crippen molar-refractivity contribution in [1.29, 1.82) is 0 Å². The summed E-state index contributed by atoms with van der Waals surface area (Å²) in [6.07, 6.45) is 4.61. The predicted octanol–water partition coefficient (Wildman–Crippen LogP) is 2.90. The molecule has 2 saturated heterocycles. The maximum absolute atomic E-state index is 6.20. The Kier molecular flexibility index (Phi) is 4.72. The summed E-state index contributed by atoms with van der Waals surface area (Å²) in [5.74, 6) is 0. The van der Waals surface area contributed by atoms with Gasteiger partial charge in [-0.05, 0) is 56.0 Å². The van der Waals surface area contributed by atoms with Gasteiger partial charge in [-0.2, -0.15) is 0 Å². The van der Waals surface area contributed by atoms with Gasteiger partial charge in [0.15, 0.2) is 0 Å². The number of nitrogens with two attached hydrogens (primary N) is 1. The summed E-state index contributed by atoms with van der Waals surface area (Å²) in [6, 6.07) is 7.26. The lowest BCUT2D eigenvalue weighted by atomic mass is 10.0. The van der Waals surface area contributed by atoms with E-state index in [0.717, 1.165) is 37.0 Å². The van der Waals surface area contributed by atoms with Crippen molar-refractivity contribution in [1.82, 2.24) is 4.90 Å². The molecule has 0 amide bonds. The Morgan fingerprint density at radius 2 is 2.19 bits per heavy atom. The van der Waals surface area contributed by atoms with Gasteiger partial charge in [-0.15, -0.1) is 0 Å². The quantitative estimate of drug-likeness (QED) is 0.928. The molecule has 2 fully saturated rings. The van der Waals surface area contributed by atoms with Gasteiger partial charge >= 0.3 is 0 Å². The third kappa shape index (κ3) is 3.36. The van der Waals surface area contributed by atoms with Crippen molar-refractivity contribution in [3.63, 3.8) is 0 Å². The van der Waals surface area contributed by atoms with Gasteiger partial charge in [0.25, 0.3) is 0 Å². The van der Waals surface area contributed by atoms with Crippen molar-refractivity contribution in [3.05, 3.63) is 28.8 Å². The van der Waals surface area contributed by atoms with Crippen LogP contribution in [-0.2, 0) is 6.42 Å². The summed E-state index contributed by atoms with van der Waals surface area (Å²) in [5, 5.41) is 0.816. The van der Waals surface area contributed by atoms with Gasteiger partial charge in [-0.1, -0.05) is 18.5 Å². The lowest BCUT2D eigenvalue weighted by Crippen LogP contribution is -2.50. The first-order valence-corrected chi connectivity index (χ1v) is 8.58. The minimum Gasteiger partial charge on any atom is -0.368 e. The molecule has 2 unspecified atom stereocenters. The maximum atomic E-state index is 6.20. The first kappa shape index (κ1) is 15.1. The van der Waals surface area contributed by atoms with Gasteiger partial charge < -0.3 is 10.6 Å². The molecule has 2 heterocycles. The molecule has 1 aromatic carbocycles. The molecule has 21 heavy (non-hydrogen) atoms. The number of piperazine rings is 1. The molecule has 3 rings (SSSR count). The molecule has 3 nitrogen and oxygen atoms in total. The van der Waals surface area contributed by atoms with E-state index in [4.69, 9.17) is 17.3 Å². The molecule has 4 heteroatoms. The molecule has 116 valence electrons. The van der Waals surface area contributed by atoms with Crippen molar-refractivity contribution in [2.75, 3.05) is 31.1 Å². The average Bonchev–Trinajstić information content (AvgIpc) is 2.94. The Morgan fingerprint density at radius 1 is 1.33 bits per heavy atom. The number of fused-ring (bicyclic) bond motifs is 1. The third-order valence-electron chi connectivity index (χ3n) is 4.98. The van der Waals surface area contributed by atoms with E-state index in [1.807, 2.05) is 6.07 Å². The Balaban J connectivity index is 1.80. The molecule has 0 radical (unpaired) electrons. The number of hydrogen-bond donors (Lipinski definition) is 1. The first-order chi connectivity index (χ1) is 10.2. The number of hydrogen-bond acceptors (Lipinski definition) is 3. The van der Waals surface area contributed by atoms with Crippen LogP contribution >= 0.6 is 11.6 Å². The summed E-state index contributed by atoms with van der Waals surface area (Å²) in [7, 11) is 0. The smallest absolute Gasteiger partial charge is 0.0410 e. The summed E-state index contributed by atoms with van der Waals surface area (Å²) in [5.41, 5.74) is 8.82. The highest BCUT2D eigenvalue weighted by Crippen LogP contribution is 2.30. The summed E-state index contributed by atoms with van der Waals surface area (Å²) in [6.45, 7) is 6.88. The number of anilines is 1. The second-order valence-corrected chi connectivity index (χ2v) is 6.86. The van der Waals surface area contributed by atoms with Gasteiger partial charge in [0, 0.05) is 42.4 Å². The second kappa shape index (κ2) is 6.55. The molecular weight excluding hydrogens is 282 g/mol. The van der Waals surface area contributed by atoms with Crippen LogP contribution in [0.2, 0.25) is 5.02 Å². The van der Waals surface area contributed by atoms with Crippen LogP contribution in [-0.4, -0.2) is 43.2 Å². The molecule has 1 aromatic rings. The molecule has 2 N–H and O–H groups in total. The fourth-order valence-corrected chi connectivity index (χ4v) is 3.86. The van der Waals surface area contributed by atoms with Gasteiger partial charge in [0.2, 0.25) is 0 Å². The lowest BCUT2D eigenvalue weighted by Gasteiger charge is -2.39. The first-order valence-electron chi connectivity index (χ1n) is 8.20. The van der Waals surface area contributed by atoms with E-state index in [1.165, 1.54) is 37.2 Å². The summed E-state index contributed by atoms with van der Waals surface area (Å²) < 4.78 is 0. The fourth-order valence-electron chi connectivity index (χ4n) is 3.66. The van der Waals surface area contributed by atoms with Crippen molar-refractivity contribution < 1.29 is 0 Å². The Bertz CT molecular complexity index is 491. The van der Waals surface area contributed by atoms with Crippen LogP contribution in [0.25, 0.3) is 0 Å². The largest absolute Gasteiger partial charge is 0.368 e. The van der Waals surface area contributed by atoms with Gasteiger partial charge in [0.1, 0.15) is 0 Å². The van der Waals surface area contributed by atoms with Crippen molar-refractivity contribution in [3.8, 4) is 0 Å². The number of benzene rings is 1. The van der Waals surface area contributed by atoms with Crippen LogP contribution in [0, 0.1) is 0 Å². The van der Waals surface area contributed by atoms with E-state index >= 15 is 0 Å². The topological polar surface area (TPSA) is 32.5 Å². The summed E-state index contributed by atoms with van der Waals surface area (Å²) >= 11 is 6.20.